The van der Waals surface area contributed by atoms with E-state index in [1.165, 1.54) is 5.56 Å². The zero-order chi connectivity index (χ0) is 9.84. The quantitative estimate of drug-likeness (QED) is 0.728. The first-order valence-corrected chi connectivity index (χ1v) is 5.00. The van der Waals surface area contributed by atoms with E-state index >= 15 is 0 Å². The Hall–Kier alpha value is -0.630. The van der Waals surface area contributed by atoms with E-state index in [1.807, 2.05) is 6.07 Å². The molecule has 1 unspecified atom stereocenters. The molecule has 0 amide bonds. The summed E-state index contributed by atoms with van der Waals surface area (Å²) >= 11 is 4.36. The summed E-state index contributed by atoms with van der Waals surface area (Å²) in [5, 5.41) is 0. The van der Waals surface area contributed by atoms with Crippen molar-refractivity contribution in [3.8, 4) is 5.75 Å². The monoisotopic (exact) mass is 196 g/mol. The van der Waals surface area contributed by atoms with Gasteiger partial charge in [0.1, 0.15) is 5.75 Å². The van der Waals surface area contributed by atoms with E-state index in [4.69, 9.17) is 4.74 Å². The summed E-state index contributed by atoms with van der Waals surface area (Å²) in [7, 11) is 1.66. The van der Waals surface area contributed by atoms with Gasteiger partial charge in [-0.25, -0.2) is 0 Å². The van der Waals surface area contributed by atoms with E-state index in [-0.39, 0.29) is 0 Å². The summed E-state index contributed by atoms with van der Waals surface area (Å²) in [6, 6.07) is 6.16. The van der Waals surface area contributed by atoms with Gasteiger partial charge >= 0.3 is 0 Å². The minimum absolute atomic E-state index is 0.594. The number of ether oxygens (including phenoxy) is 1. The standard InChI is InChI=1S/C11H16OS/c1-4-8(2)9-5-6-10(12-3)11(13)7-9/h5-8,13H,4H2,1-3H3. The maximum absolute atomic E-state index is 5.14. The zero-order valence-electron chi connectivity index (χ0n) is 8.37. The van der Waals surface area contributed by atoms with Gasteiger partial charge < -0.3 is 4.74 Å². The van der Waals surface area contributed by atoms with Crippen molar-refractivity contribution in [1.29, 1.82) is 0 Å². The molecule has 0 heterocycles. The van der Waals surface area contributed by atoms with Gasteiger partial charge in [-0.1, -0.05) is 19.9 Å². The molecule has 0 N–H and O–H groups in total. The lowest BCUT2D eigenvalue weighted by Gasteiger charge is -2.11. The number of methoxy groups -OCH3 is 1. The molecule has 0 bridgehead atoms. The van der Waals surface area contributed by atoms with Crippen molar-refractivity contribution < 1.29 is 4.74 Å². The molecule has 13 heavy (non-hydrogen) atoms. The minimum Gasteiger partial charge on any atom is -0.496 e. The van der Waals surface area contributed by atoms with E-state index < -0.39 is 0 Å². The molecule has 1 nitrogen and oxygen atoms in total. The van der Waals surface area contributed by atoms with Crippen LogP contribution in [0.1, 0.15) is 31.7 Å². The second-order valence-corrected chi connectivity index (χ2v) is 3.72. The Morgan fingerprint density at radius 1 is 1.46 bits per heavy atom. The van der Waals surface area contributed by atoms with Crippen LogP contribution in [0.3, 0.4) is 0 Å². The van der Waals surface area contributed by atoms with Crippen LogP contribution in [0, 0.1) is 0 Å². The minimum atomic E-state index is 0.594. The Kier molecular flexibility index (Phi) is 3.67. The van der Waals surface area contributed by atoms with E-state index in [2.05, 4.69) is 38.6 Å². The Labute approximate surface area is 85.5 Å². The molecular formula is C11H16OS. The fourth-order valence-electron chi connectivity index (χ4n) is 1.25. The SMILES string of the molecule is CCC(C)c1ccc(OC)c(S)c1. The molecule has 0 saturated heterocycles. The lowest BCUT2D eigenvalue weighted by molar-refractivity contribution is 0.404. The first kappa shape index (κ1) is 10.5. The van der Waals surface area contributed by atoms with Crippen molar-refractivity contribution in [2.75, 3.05) is 7.11 Å². The van der Waals surface area contributed by atoms with Crippen molar-refractivity contribution in [2.45, 2.75) is 31.1 Å². The largest absolute Gasteiger partial charge is 0.496 e. The third kappa shape index (κ3) is 2.41. The Morgan fingerprint density at radius 3 is 2.62 bits per heavy atom. The van der Waals surface area contributed by atoms with Crippen LogP contribution in [0.2, 0.25) is 0 Å². The molecule has 1 atom stereocenters. The lowest BCUT2D eigenvalue weighted by Crippen LogP contribution is -1.92. The molecule has 1 rings (SSSR count). The highest BCUT2D eigenvalue weighted by atomic mass is 32.1. The summed E-state index contributed by atoms with van der Waals surface area (Å²) in [6.45, 7) is 4.40. The van der Waals surface area contributed by atoms with Crippen molar-refractivity contribution >= 4 is 12.6 Å². The zero-order valence-corrected chi connectivity index (χ0v) is 9.27. The molecule has 0 aliphatic carbocycles. The van der Waals surface area contributed by atoms with Crippen molar-refractivity contribution in [3.05, 3.63) is 23.8 Å². The molecular weight excluding hydrogens is 180 g/mol. The van der Waals surface area contributed by atoms with Gasteiger partial charge in [0.25, 0.3) is 0 Å². The van der Waals surface area contributed by atoms with Gasteiger partial charge in [-0.2, -0.15) is 0 Å². The summed E-state index contributed by atoms with van der Waals surface area (Å²) in [6.07, 6.45) is 1.15. The molecule has 0 fully saturated rings. The van der Waals surface area contributed by atoms with Crippen LogP contribution < -0.4 is 4.74 Å². The van der Waals surface area contributed by atoms with Gasteiger partial charge in [0.15, 0.2) is 0 Å². The highest BCUT2D eigenvalue weighted by Gasteiger charge is 2.05. The van der Waals surface area contributed by atoms with E-state index in [0.29, 0.717) is 5.92 Å². The second kappa shape index (κ2) is 4.56. The maximum atomic E-state index is 5.14. The predicted octanol–water partition coefficient (Wildman–Crippen LogP) is 3.50. The molecule has 0 radical (unpaired) electrons. The number of thiol groups is 1. The van der Waals surface area contributed by atoms with Crippen LogP contribution in [0.5, 0.6) is 5.75 Å². The predicted molar refractivity (Wildman–Crippen MR) is 59.0 cm³/mol. The van der Waals surface area contributed by atoms with E-state index in [0.717, 1.165) is 17.1 Å². The van der Waals surface area contributed by atoms with Crippen LogP contribution in [0.25, 0.3) is 0 Å². The van der Waals surface area contributed by atoms with Crippen LogP contribution in [-0.2, 0) is 0 Å². The third-order valence-corrected chi connectivity index (χ3v) is 2.73. The van der Waals surface area contributed by atoms with Crippen LogP contribution in [0.4, 0.5) is 0 Å². The summed E-state index contributed by atoms with van der Waals surface area (Å²) in [4.78, 5) is 0.917. The highest BCUT2D eigenvalue weighted by Crippen LogP contribution is 2.27. The molecule has 0 saturated carbocycles. The smallest absolute Gasteiger partial charge is 0.132 e. The van der Waals surface area contributed by atoms with Crippen molar-refractivity contribution in [2.24, 2.45) is 0 Å². The first-order chi connectivity index (χ1) is 6.19. The van der Waals surface area contributed by atoms with Crippen LogP contribution >= 0.6 is 12.6 Å². The molecule has 0 aromatic heterocycles. The average molecular weight is 196 g/mol. The Bertz CT molecular complexity index is 283. The van der Waals surface area contributed by atoms with E-state index in [1.54, 1.807) is 7.11 Å². The number of hydrogen-bond acceptors (Lipinski definition) is 2. The van der Waals surface area contributed by atoms with Gasteiger partial charge in [-0.3, -0.25) is 0 Å². The number of rotatable bonds is 3. The summed E-state index contributed by atoms with van der Waals surface area (Å²) in [5.41, 5.74) is 1.33. The van der Waals surface area contributed by atoms with Crippen molar-refractivity contribution in [3.63, 3.8) is 0 Å². The first-order valence-electron chi connectivity index (χ1n) is 4.56. The molecule has 0 spiro atoms. The number of hydrogen-bond donors (Lipinski definition) is 1. The highest BCUT2D eigenvalue weighted by molar-refractivity contribution is 7.80. The molecule has 1 aromatic rings. The topological polar surface area (TPSA) is 9.23 Å². The van der Waals surface area contributed by atoms with Gasteiger partial charge in [-0.15, -0.1) is 12.6 Å². The average Bonchev–Trinajstić information content (AvgIpc) is 2.16. The molecule has 1 aromatic carbocycles. The number of benzene rings is 1. The lowest BCUT2D eigenvalue weighted by atomic mass is 9.99. The molecule has 0 aliphatic heterocycles. The van der Waals surface area contributed by atoms with Crippen LogP contribution in [-0.4, -0.2) is 7.11 Å². The fraction of sp³-hybridized carbons (Fsp3) is 0.455. The van der Waals surface area contributed by atoms with Gasteiger partial charge in [-0.05, 0) is 30.0 Å². The van der Waals surface area contributed by atoms with Gasteiger partial charge in [0, 0.05) is 4.90 Å². The normalized spacial score (nSPS) is 12.6. The summed E-state index contributed by atoms with van der Waals surface area (Å²) < 4.78 is 5.14. The Balaban J connectivity index is 2.95. The maximum Gasteiger partial charge on any atom is 0.132 e. The molecule has 0 aliphatic rings. The fourth-order valence-corrected chi connectivity index (χ4v) is 1.56. The molecule has 72 valence electrons. The van der Waals surface area contributed by atoms with Gasteiger partial charge in [0.05, 0.1) is 7.11 Å². The Morgan fingerprint density at radius 2 is 2.15 bits per heavy atom. The third-order valence-electron chi connectivity index (χ3n) is 2.38. The second-order valence-electron chi connectivity index (χ2n) is 3.24. The van der Waals surface area contributed by atoms with Crippen molar-refractivity contribution in [1.82, 2.24) is 0 Å². The summed E-state index contributed by atoms with van der Waals surface area (Å²) in [5.74, 6) is 1.44. The van der Waals surface area contributed by atoms with Crippen LogP contribution in [0.15, 0.2) is 23.1 Å². The van der Waals surface area contributed by atoms with Gasteiger partial charge in [0.2, 0.25) is 0 Å². The molecule has 2 heteroatoms. The van der Waals surface area contributed by atoms with E-state index in [9.17, 15) is 0 Å².